The predicted molar refractivity (Wildman–Crippen MR) is 56.0 cm³/mol. The molecule has 0 radical (unpaired) electrons. The van der Waals surface area contributed by atoms with Gasteiger partial charge in [0, 0.05) is 6.07 Å². The third-order valence-corrected chi connectivity index (χ3v) is 2.72. The fourth-order valence-electron chi connectivity index (χ4n) is 0.813. The Kier molecular flexibility index (Phi) is 3.21. The number of nitrogens with zero attached hydrogens (tertiary/aromatic N) is 1. The minimum atomic E-state index is -0.687. The molecule has 0 saturated heterocycles. The largest absolute Gasteiger partial charge is 0.283 e. The van der Waals surface area contributed by atoms with Crippen LogP contribution in [0.25, 0.3) is 0 Å². The van der Waals surface area contributed by atoms with Crippen molar-refractivity contribution in [1.29, 1.82) is 0 Å². The summed E-state index contributed by atoms with van der Waals surface area (Å²) in [5.74, 6) is 0. The first-order valence-corrected chi connectivity index (χ1v) is 4.62. The van der Waals surface area contributed by atoms with Gasteiger partial charge in [-0.25, -0.2) is 0 Å². The van der Waals surface area contributed by atoms with E-state index >= 15 is 0 Å². The van der Waals surface area contributed by atoms with E-state index in [2.05, 4.69) is 0 Å². The van der Waals surface area contributed by atoms with E-state index in [1.54, 1.807) is 22.6 Å². The molecule has 0 amide bonds. The molecule has 0 aliphatic rings. The van der Waals surface area contributed by atoms with Crippen LogP contribution in [0.1, 0.15) is 10.4 Å². The monoisotopic (exact) mass is 311 g/mol. The lowest BCUT2D eigenvalue weighted by Crippen LogP contribution is -1.98. The molecule has 0 atom stereocenters. The molecule has 0 spiro atoms. The number of nitro benzene ring substituents is 1. The zero-order valence-electron chi connectivity index (χ0n) is 6.16. The Balaban J connectivity index is 3.35. The number of hydrogen-bond donors (Lipinski definition) is 0. The summed E-state index contributed by atoms with van der Waals surface area (Å²) in [4.78, 5) is 20.7. The van der Waals surface area contributed by atoms with Gasteiger partial charge in [0.05, 0.1) is 10.5 Å². The first-order chi connectivity index (χ1) is 6.04. The smallest absolute Gasteiger partial charge is 0.276 e. The Morgan fingerprint density at radius 1 is 1.54 bits per heavy atom. The SMILES string of the molecule is O=C(Cl)c1cccc([N+](=O)[O-])c1I. The summed E-state index contributed by atoms with van der Waals surface area (Å²) >= 11 is 6.94. The maximum Gasteiger partial charge on any atom is 0.283 e. The van der Waals surface area contributed by atoms with Gasteiger partial charge < -0.3 is 0 Å². The Morgan fingerprint density at radius 2 is 2.15 bits per heavy atom. The topological polar surface area (TPSA) is 60.2 Å². The van der Waals surface area contributed by atoms with E-state index in [0.717, 1.165) is 0 Å². The number of benzene rings is 1. The Labute approximate surface area is 92.2 Å². The highest BCUT2D eigenvalue weighted by Crippen LogP contribution is 2.24. The van der Waals surface area contributed by atoms with Crippen LogP contribution >= 0.6 is 34.2 Å². The maximum atomic E-state index is 10.8. The zero-order chi connectivity index (χ0) is 10.0. The molecule has 1 rings (SSSR count). The number of carbonyl (C=O) groups excluding carboxylic acids is 1. The van der Waals surface area contributed by atoms with Crippen molar-refractivity contribution in [1.82, 2.24) is 0 Å². The minimum Gasteiger partial charge on any atom is -0.276 e. The molecule has 1 aromatic carbocycles. The lowest BCUT2D eigenvalue weighted by molar-refractivity contribution is -0.385. The zero-order valence-corrected chi connectivity index (χ0v) is 9.07. The lowest BCUT2D eigenvalue weighted by Gasteiger charge is -1.98. The normalized spacial score (nSPS) is 9.69. The van der Waals surface area contributed by atoms with E-state index in [9.17, 15) is 14.9 Å². The quantitative estimate of drug-likeness (QED) is 0.365. The molecule has 0 heterocycles. The molecule has 4 nitrogen and oxygen atoms in total. The van der Waals surface area contributed by atoms with Gasteiger partial charge in [0.2, 0.25) is 0 Å². The Bertz CT molecular complexity index is 348. The second kappa shape index (κ2) is 4.01. The highest BCUT2D eigenvalue weighted by Gasteiger charge is 2.17. The van der Waals surface area contributed by atoms with E-state index in [1.165, 1.54) is 18.2 Å². The standard InChI is InChI=1S/C7H3ClINO3/c8-7(11)4-2-1-3-5(6(4)9)10(12)13/h1-3H. The molecule has 0 unspecified atom stereocenters. The van der Waals surface area contributed by atoms with Crippen molar-refractivity contribution in [3.8, 4) is 0 Å². The van der Waals surface area contributed by atoms with Crippen molar-refractivity contribution < 1.29 is 9.72 Å². The summed E-state index contributed by atoms with van der Waals surface area (Å²) in [6, 6.07) is 4.20. The van der Waals surface area contributed by atoms with Crippen molar-refractivity contribution in [2.45, 2.75) is 0 Å². The summed E-state index contributed by atoms with van der Waals surface area (Å²) in [5, 5.41) is 9.76. The van der Waals surface area contributed by atoms with E-state index in [1.807, 2.05) is 0 Å². The summed E-state index contributed by atoms with van der Waals surface area (Å²) < 4.78 is 0.269. The molecule has 0 fully saturated rings. The minimum absolute atomic E-state index is 0.105. The van der Waals surface area contributed by atoms with Crippen LogP contribution in [0, 0.1) is 13.7 Å². The predicted octanol–water partition coefficient (Wildman–Crippen LogP) is 2.58. The number of nitro groups is 1. The first-order valence-electron chi connectivity index (χ1n) is 3.16. The summed E-state index contributed by atoms with van der Waals surface area (Å²) in [5.41, 5.74) is 0.0589. The molecule has 0 saturated carbocycles. The summed E-state index contributed by atoms with van der Waals surface area (Å²) in [7, 11) is 0. The van der Waals surface area contributed by atoms with Crippen LogP contribution in [-0.2, 0) is 0 Å². The molecule has 0 N–H and O–H groups in total. The van der Waals surface area contributed by atoms with Gasteiger partial charge in [0.15, 0.2) is 0 Å². The van der Waals surface area contributed by atoms with Gasteiger partial charge in [-0.2, -0.15) is 0 Å². The average Bonchev–Trinajstić information content (AvgIpc) is 2.03. The van der Waals surface area contributed by atoms with Crippen LogP contribution in [0.2, 0.25) is 0 Å². The third kappa shape index (κ3) is 2.16. The molecular weight excluding hydrogens is 308 g/mol. The Hall–Kier alpha value is -0.690. The average molecular weight is 311 g/mol. The van der Waals surface area contributed by atoms with E-state index < -0.39 is 10.2 Å². The molecule has 0 aromatic heterocycles. The van der Waals surface area contributed by atoms with Crippen LogP contribution in [0.4, 0.5) is 5.69 Å². The van der Waals surface area contributed by atoms with Gasteiger partial charge in [-0.3, -0.25) is 14.9 Å². The van der Waals surface area contributed by atoms with E-state index in [4.69, 9.17) is 11.6 Å². The highest BCUT2D eigenvalue weighted by molar-refractivity contribution is 14.1. The molecule has 6 heteroatoms. The lowest BCUT2D eigenvalue weighted by atomic mass is 10.2. The summed E-state index contributed by atoms with van der Waals surface area (Å²) in [6.07, 6.45) is 0. The fourth-order valence-corrected chi connectivity index (χ4v) is 1.93. The Morgan fingerprint density at radius 3 is 2.62 bits per heavy atom. The number of halogens is 2. The number of carbonyl (C=O) groups is 1. The molecule has 1 aromatic rings. The van der Waals surface area contributed by atoms with Crippen LogP contribution in [0.5, 0.6) is 0 Å². The molecule has 0 aliphatic carbocycles. The van der Waals surface area contributed by atoms with Gasteiger partial charge in [0.1, 0.15) is 3.57 Å². The van der Waals surface area contributed by atoms with Gasteiger partial charge in [-0.1, -0.05) is 6.07 Å². The third-order valence-electron chi connectivity index (χ3n) is 1.39. The molecule has 0 bridgehead atoms. The van der Waals surface area contributed by atoms with Crippen molar-refractivity contribution >= 4 is 45.1 Å². The van der Waals surface area contributed by atoms with Crippen molar-refractivity contribution in [3.05, 3.63) is 37.4 Å². The van der Waals surface area contributed by atoms with Crippen molar-refractivity contribution in [3.63, 3.8) is 0 Å². The molecule has 0 aliphatic heterocycles. The van der Waals surface area contributed by atoms with Crippen LogP contribution in [0.15, 0.2) is 18.2 Å². The van der Waals surface area contributed by atoms with Crippen molar-refractivity contribution in [2.24, 2.45) is 0 Å². The van der Waals surface area contributed by atoms with Crippen LogP contribution in [-0.4, -0.2) is 10.2 Å². The second-order valence-electron chi connectivity index (χ2n) is 2.17. The van der Waals surface area contributed by atoms with Crippen LogP contribution < -0.4 is 0 Å². The summed E-state index contributed by atoms with van der Waals surface area (Å²) in [6.45, 7) is 0. The second-order valence-corrected chi connectivity index (χ2v) is 3.59. The number of rotatable bonds is 2. The van der Waals surface area contributed by atoms with Crippen molar-refractivity contribution in [2.75, 3.05) is 0 Å². The van der Waals surface area contributed by atoms with E-state index in [0.29, 0.717) is 0 Å². The van der Waals surface area contributed by atoms with Gasteiger partial charge in [-0.05, 0) is 40.3 Å². The van der Waals surface area contributed by atoms with Gasteiger partial charge in [0.25, 0.3) is 10.9 Å². The van der Waals surface area contributed by atoms with Crippen LogP contribution in [0.3, 0.4) is 0 Å². The maximum absolute atomic E-state index is 10.8. The fraction of sp³-hybridized carbons (Fsp3) is 0. The highest BCUT2D eigenvalue weighted by atomic mass is 127. The van der Waals surface area contributed by atoms with E-state index in [-0.39, 0.29) is 14.8 Å². The van der Waals surface area contributed by atoms with Gasteiger partial charge >= 0.3 is 0 Å². The molecule has 68 valence electrons. The number of hydrogen-bond acceptors (Lipinski definition) is 3. The molecule has 13 heavy (non-hydrogen) atoms. The first kappa shape index (κ1) is 10.4. The van der Waals surface area contributed by atoms with Gasteiger partial charge in [-0.15, -0.1) is 0 Å². The molecular formula is C7H3ClINO3.